The Morgan fingerprint density at radius 2 is 1.89 bits per heavy atom. The van der Waals surface area contributed by atoms with Crippen LogP contribution in [-0.4, -0.2) is 37.0 Å². The van der Waals surface area contributed by atoms with Gasteiger partial charge in [-0.05, 0) is 24.2 Å². The molecule has 0 aromatic heterocycles. The molecule has 0 aliphatic rings. The highest BCUT2D eigenvalue weighted by Crippen LogP contribution is 2.08. The molecule has 1 aromatic carbocycles. The van der Waals surface area contributed by atoms with Crippen molar-refractivity contribution in [2.75, 3.05) is 20.2 Å². The predicted octanol–water partition coefficient (Wildman–Crippen LogP) is 1.17. The summed E-state index contributed by atoms with van der Waals surface area (Å²) in [5.41, 5.74) is 6.77. The molecular weight excluding hydrogens is 244 g/mol. The van der Waals surface area contributed by atoms with Crippen LogP contribution in [0.1, 0.15) is 29.3 Å². The van der Waals surface area contributed by atoms with Crippen molar-refractivity contribution in [2.24, 2.45) is 5.73 Å². The summed E-state index contributed by atoms with van der Waals surface area (Å²) >= 11 is 0. The molecule has 1 aromatic rings. The number of rotatable bonds is 7. The van der Waals surface area contributed by atoms with Crippen molar-refractivity contribution in [1.82, 2.24) is 4.90 Å². The maximum Gasteiger partial charge on any atom is 0.306 e. The second-order valence-corrected chi connectivity index (χ2v) is 4.26. The molecule has 0 heterocycles. The number of esters is 1. The fourth-order valence-electron chi connectivity index (χ4n) is 1.73. The lowest BCUT2D eigenvalue weighted by Gasteiger charge is -2.19. The number of hydrogen-bond acceptors (Lipinski definition) is 4. The average Bonchev–Trinajstić information content (AvgIpc) is 2.43. The molecule has 0 aliphatic carbocycles. The number of primary amides is 1. The minimum absolute atomic E-state index is 0.206. The molecule has 104 valence electrons. The van der Waals surface area contributed by atoms with Crippen molar-refractivity contribution in [3.8, 4) is 0 Å². The zero-order valence-electron chi connectivity index (χ0n) is 11.4. The molecule has 0 bridgehead atoms. The molecule has 0 aliphatic heterocycles. The lowest BCUT2D eigenvalue weighted by molar-refractivity contribution is -0.141. The van der Waals surface area contributed by atoms with Crippen molar-refractivity contribution in [1.29, 1.82) is 0 Å². The Bertz CT molecular complexity index is 429. The first-order valence-electron chi connectivity index (χ1n) is 6.24. The summed E-state index contributed by atoms with van der Waals surface area (Å²) in [6.07, 6.45) is 0.379. The number of ether oxygens (including phenoxy) is 1. The fourth-order valence-corrected chi connectivity index (χ4v) is 1.73. The molecule has 0 saturated heterocycles. The van der Waals surface area contributed by atoms with Gasteiger partial charge in [-0.15, -0.1) is 0 Å². The second-order valence-electron chi connectivity index (χ2n) is 4.26. The third kappa shape index (κ3) is 5.09. The van der Waals surface area contributed by atoms with Crippen LogP contribution >= 0.6 is 0 Å². The topological polar surface area (TPSA) is 72.6 Å². The summed E-state index contributed by atoms with van der Waals surface area (Å²) in [6, 6.07) is 7.18. The molecule has 0 radical (unpaired) electrons. The Morgan fingerprint density at radius 3 is 2.37 bits per heavy atom. The molecule has 2 N–H and O–H groups in total. The molecule has 5 heteroatoms. The van der Waals surface area contributed by atoms with E-state index >= 15 is 0 Å². The number of nitrogens with two attached hydrogens (primary N) is 1. The number of amides is 1. The highest BCUT2D eigenvalue weighted by molar-refractivity contribution is 5.92. The van der Waals surface area contributed by atoms with E-state index in [1.807, 2.05) is 19.1 Å². The van der Waals surface area contributed by atoms with E-state index in [2.05, 4.69) is 9.64 Å². The Balaban J connectivity index is 2.55. The van der Waals surface area contributed by atoms with E-state index < -0.39 is 5.91 Å². The number of carbonyl (C=O) groups is 2. The fraction of sp³-hybridized carbons (Fsp3) is 0.429. The van der Waals surface area contributed by atoms with E-state index in [1.54, 1.807) is 12.1 Å². The third-order valence-electron chi connectivity index (χ3n) is 2.95. The van der Waals surface area contributed by atoms with Gasteiger partial charge in [0.15, 0.2) is 0 Å². The van der Waals surface area contributed by atoms with Crippen LogP contribution in [0.2, 0.25) is 0 Å². The molecule has 1 rings (SSSR count). The third-order valence-corrected chi connectivity index (χ3v) is 2.95. The maximum atomic E-state index is 11.1. The van der Waals surface area contributed by atoms with E-state index in [0.29, 0.717) is 18.5 Å². The van der Waals surface area contributed by atoms with Gasteiger partial charge in [-0.25, -0.2) is 0 Å². The quantitative estimate of drug-likeness (QED) is 0.750. The minimum Gasteiger partial charge on any atom is -0.469 e. The number of benzene rings is 1. The van der Waals surface area contributed by atoms with Gasteiger partial charge in [-0.2, -0.15) is 0 Å². The van der Waals surface area contributed by atoms with Crippen molar-refractivity contribution >= 4 is 11.9 Å². The highest BCUT2D eigenvalue weighted by atomic mass is 16.5. The van der Waals surface area contributed by atoms with Gasteiger partial charge in [-0.1, -0.05) is 19.1 Å². The van der Waals surface area contributed by atoms with Crippen LogP contribution in [0.5, 0.6) is 0 Å². The molecule has 0 fully saturated rings. The number of carbonyl (C=O) groups excluding carboxylic acids is 2. The predicted molar refractivity (Wildman–Crippen MR) is 72.5 cm³/mol. The van der Waals surface area contributed by atoms with Crippen LogP contribution in [0.15, 0.2) is 24.3 Å². The standard InChI is InChI=1S/C14H20N2O3/c1-3-16(9-8-13(17)19-2)10-11-4-6-12(7-5-11)14(15)18/h4-7H,3,8-10H2,1-2H3,(H2,15,18). The van der Waals surface area contributed by atoms with Crippen molar-refractivity contribution in [3.63, 3.8) is 0 Å². The van der Waals surface area contributed by atoms with Gasteiger partial charge in [0.25, 0.3) is 0 Å². The zero-order chi connectivity index (χ0) is 14.3. The molecule has 1 amide bonds. The normalized spacial score (nSPS) is 10.5. The smallest absolute Gasteiger partial charge is 0.306 e. The van der Waals surface area contributed by atoms with Crippen LogP contribution in [0.25, 0.3) is 0 Å². The van der Waals surface area contributed by atoms with Crippen molar-refractivity contribution in [3.05, 3.63) is 35.4 Å². The van der Waals surface area contributed by atoms with Crippen LogP contribution in [0, 0.1) is 0 Å². The van der Waals surface area contributed by atoms with Gasteiger partial charge in [0.1, 0.15) is 0 Å². The summed E-state index contributed by atoms with van der Waals surface area (Å²) in [5.74, 6) is -0.632. The summed E-state index contributed by atoms with van der Waals surface area (Å²) in [4.78, 5) is 24.2. The number of nitrogens with zero attached hydrogens (tertiary/aromatic N) is 1. The first kappa shape index (κ1) is 15.2. The van der Waals surface area contributed by atoms with Gasteiger partial charge < -0.3 is 10.5 Å². The van der Waals surface area contributed by atoms with Gasteiger partial charge in [0, 0.05) is 18.7 Å². The van der Waals surface area contributed by atoms with Gasteiger partial charge in [0.05, 0.1) is 13.5 Å². The SMILES string of the molecule is CCN(CCC(=O)OC)Cc1ccc(C(N)=O)cc1. The lowest BCUT2D eigenvalue weighted by atomic mass is 10.1. The maximum absolute atomic E-state index is 11.1. The molecular formula is C14H20N2O3. The van der Waals surface area contributed by atoms with Crippen LogP contribution < -0.4 is 5.73 Å². The monoisotopic (exact) mass is 264 g/mol. The summed E-state index contributed by atoms with van der Waals surface area (Å²) < 4.78 is 4.62. The Kier molecular flexibility index (Phi) is 6.02. The van der Waals surface area contributed by atoms with Crippen molar-refractivity contribution in [2.45, 2.75) is 19.9 Å². The molecule has 0 unspecified atom stereocenters. The average molecular weight is 264 g/mol. The van der Waals surface area contributed by atoms with Crippen LogP contribution in [-0.2, 0) is 16.1 Å². The van der Waals surface area contributed by atoms with E-state index in [0.717, 1.165) is 18.7 Å². The van der Waals surface area contributed by atoms with Gasteiger partial charge in [-0.3, -0.25) is 14.5 Å². The van der Waals surface area contributed by atoms with Crippen LogP contribution in [0.4, 0.5) is 0 Å². The molecule has 0 saturated carbocycles. The van der Waals surface area contributed by atoms with Gasteiger partial charge >= 0.3 is 5.97 Å². The largest absolute Gasteiger partial charge is 0.469 e. The summed E-state index contributed by atoms with van der Waals surface area (Å²) in [7, 11) is 1.39. The Labute approximate surface area is 113 Å². The lowest BCUT2D eigenvalue weighted by Crippen LogP contribution is -2.26. The molecule has 19 heavy (non-hydrogen) atoms. The molecule has 0 atom stereocenters. The second kappa shape index (κ2) is 7.53. The van der Waals surface area contributed by atoms with E-state index in [4.69, 9.17) is 5.73 Å². The van der Waals surface area contributed by atoms with E-state index in [9.17, 15) is 9.59 Å². The van der Waals surface area contributed by atoms with E-state index in [1.165, 1.54) is 7.11 Å². The minimum atomic E-state index is -0.426. The van der Waals surface area contributed by atoms with E-state index in [-0.39, 0.29) is 5.97 Å². The summed E-state index contributed by atoms with van der Waals surface area (Å²) in [5, 5.41) is 0. The molecule has 0 spiro atoms. The van der Waals surface area contributed by atoms with Crippen LogP contribution in [0.3, 0.4) is 0 Å². The summed E-state index contributed by atoms with van der Waals surface area (Å²) in [6.45, 7) is 4.26. The van der Waals surface area contributed by atoms with Gasteiger partial charge in [0.2, 0.25) is 5.91 Å². The first-order valence-corrected chi connectivity index (χ1v) is 6.24. The highest BCUT2D eigenvalue weighted by Gasteiger charge is 2.08. The Hall–Kier alpha value is -1.88. The first-order chi connectivity index (χ1) is 9.06. The Morgan fingerprint density at radius 1 is 1.26 bits per heavy atom. The van der Waals surface area contributed by atoms with Crippen molar-refractivity contribution < 1.29 is 14.3 Å². The number of hydrogen-bond donors (Lipinski definition) is 1. The zero-order valence-corrected chi connectivity index (χ0v) is 11.4. The number of methoxy groups -OCH3 is 1. The molecule has 5 nitrogen and oxygen atoms in total.